The van der Waals surface area contributed by atoms with Gasteiger partial charge in [0, 0.05) is 13.2 Å². The standard InChI is InChI=1S/C5H13NO.C2H6/c1-3-5(6)4-7-2;1-2/h5H,3-4,6H2,1-2H3;1-2H3. The number of ether oxygens (including phenoxy) is 1. The summed E-state index contributed by atoms with van der Waals surface area (Å²) in [5.41, 5.74) is 5.46. The van der Waals surface area contributed by atoms with E-state index in [1.54, 1.807) is 7.11 Å². The lowest BCUT2D eigenvalue weighted by Crippen LogP contribution is -2.23. The molecule has 58 valence electrons. The molecule has 0 bridgehead atoms. The van der Waals surface area contributed by atoms with Gasteiger partial charge in [0.25, 0.3) is 0 Å². The molecule has 0 aromatic heterocycles. The third-order valence-electron chi connectivity index (χ3n) is 0.905. The van der Waals surface area contributed by atoms with Gasteiger partial charge in [0.05, 0.1) is 6.61 Å². The maximum atomic E-state index is 5.46. The van der Waals surface area contributed by atoms with Crippen LogP contribution in [0.3, 0.4) is 0 Å². The van der Waals surface area contributed by atoms with Crippen LogP contribution in [-0.4, -0.2) is 19.8 Å². The number of hydrogen-bond acceptors (Lipinski definition) is 2. The van der Waals surface area contributed by atoms with Crippen molar-refractivity contribution in [2.24, 2.45) is 5.73 Å². The second-order valence-corrected chi connectivity index (χ2v) is 1.62. The highest BCUT2D eigenvalue weighted by Gasteiger charge is 1.93. The number of methoxy groups -OCH3 is 1. The van der Waals surface area contributed by atoms with Crippen LogP contribution in [0.5, 0.6) is 0 Å². The van der Waals surface area contributed by atoms with Crippen molar-refractivity contribution >= 4 is 0 Å². The van der Waals surface area contributed by atoms with E-state index in [-0.39, 0.29) is 6.04 Å². The van der Waals surface area contributed by atoms with Crippen LogP contribution in [0, 0.1) is 0 Å². The Bertz CT molecular complexity index is 39.9. The van der Waals surface area contributed by atoms with Crippen molar-refractivity contribution in [3.8, 4) is 0 Å². The second-order valence-electron chi connectivity index (χ2n) is 1.62. The predicted octanol–water partition coefficient (Wildman–Crippen LogP) is 1.40. The molecular weight excluding hydrogens is 114 g/mol. The molecule has 0 spiro atoms. The van der Waals surface area contributed by atoms with Gasteiger partial charge in [-0.2, -0.15) is 0 Å². The Morgan fingerprint density at radius 1 is 1.44 bits per heavy atom. The Morgan fingerprint density at radius 3 is 2.00 bits per heavy atom. The van der Waals surface area contributed by atoms with E-state index in [1.165, 1.54) is 0 Å². The van der Waals surface area contributed by atoms with Crippen LogP contribution in [0.2, 0.25) is 0 Å². The second kappa shape index (κ2) is 10.8. The number of rotatable bonds is 3. The van der Waals surface area contributed by atoms with Gasteiger partial charge in [-0.3, -0.25) is 0 Å². The zero-order valence-corrected chi connectivity index (χ0v) is 6.98. The number of hydrogen-bond donors (Lipinski definition) is 1. The summed E-state index contributed by atoms with van der Waals surface area (Å²) >= 11 is 0. The van der Waals surface area contributed by atoms with E-state index in [9.17, 15) is 0 Å². The molecule has 0 amide bonds. The molecule has 2 heteroatoms. The smallest absolute Gasteiger partial charge is 0.0613 e. The molecule has 0 aromatic carbocycles. The lowest BCUT2D eigenvalue weighted by Gasteiger charge is -2.03. The third kappa shape index (κ3) is 11.5. The van der Waals surface area contributed by atoms with Crippen LogP contribution < -0.4 is 5.73 Å². The summed E-state index contributed by atoms with van der Waals surface area (Å²) < 4.78 is 4.77. The van der Waals surface area contributed by atoms with Crippen molar-refractivity contribution in [1.82, 2.24) is 0 Å². The largest absolute Gasteiger partial charge is 0.383 e. The molecule has 0 rings (SSSR count). The van der Waals surface area contributed by atoms with Crippen LogP contribution in [0.15, 0.2) is 0 Å². The molecule has 1 unspecified atom stereocenters. The average molecular weight is 133 g/mol. The van der Waals surface area contributed by atoms with Gasteiger partial charge < -0.3 is 10.5 Å². The molecule has 1 atom stereocenters. The topological polar surface area (TPSA) is 35.2 Å². The van der Waals surface area contributed by atoms with E-state index in [0.29, 0.717) is 6.61 Å². The van der Waals surface area contributed by atoms with Crippen molar-refractivity contribution in [3.63, 3.8) is 0 Å². The molecule has 0 aliphatic heterocycles. The molecule has 0 saturated heterocycles. The molecule has 0 aliphatic carbocycles. The molecule has 0 aliphatic rings. The van der Waals surface area contributed by atoms with Crippen LogP contribution in [0.25, 0.3) is 0 Å². The fourth-order valence-electron chi connectivity index (χ4n) is 0.332. The minimum Gasteiger partial charge on any atom is -0.383 e. The molecule has 2 N–H and O–H groups in total. The highest BCUT2D eigenvalue weighted by Crippen LogP contribution is 1.83. The van der Waals surface area contributed by atoms with Gasteiger partial charge in [0.2, 0.25) is 0 Å². The van der Waals surface area contributed by atoms with Gasteiger partial charge in [-0.1, -0.05) is 20.8 Å². The first-order chi connectivity index (χ1) is 4.31. The Balaban J connectivity index is 0. The Hall–Kier alpha value is -0.0800. The lowest BCUT2D eigenvalue weighted by atomic mass is 10.3. The maximum Gasteiger partial charge on any atom is 0.0613 e. The van der Waals surface area contributed by atoms with Gasteiger partial charge in [0.15, 0.2) is 0 Å². The van der Waals surface area contributed by atoms with Crippen molar-refractivity contribution in [2.45, 2.75) is 33.2 Å². The summed E-state index contributed by atoms with van der Waals surface area (Å²) in [6.45, 7) is 6.72. The van der Waals surface area contributed by atoms with E-state index in [2.05, 4.69) is 0 Å². The molecular formula is C7H19NO. The fraction of sp³-hybridized carbons (Fsp3) is 1.00. The van der Waals surface area contributed by atoms with Gasteiger partial charge in [0.1, 0.15) is 0 Å². The summed E-state index contributed by atoms with van der Waals surface area (Å²) in [6, 6.07) is 0.227. The zero-order valence-electron chi connectivity index (χ0n) is 6.98. The van der Waals surface area contributed by atoms with Gasteiger partial charge in [-0.05, 0) is 6.42 Å². The normalized spacial score (nSPS) is 11.7. The minimum atomic E-state index is 0.227. The van der Waals surface area contributed by atoms with Gasteiger partial charge >= 0.3 is 0 Å². The first-order valence-electron chi connectivity index (χ1n) is 3.55. The molecule has 0 fully saturated rings. The zero-order chi connectivity index (χ0) is 7.70. The first-order valence-corrected chi connectivity index (χ1v) is 3.55. The summed E-state index contributed by atoms with van der Waals surface area (Å²) in [6.07, 6.45) is 0.994. The van der Waals surface area contributed by atoms with E-state index >= 15 is 0 Å². The van der Waals surface area contributed by atoms with Crippen molar-refractivity contribution in [1.29, 1.82) is 0 Å². The third-order valence-corrected chi connectivity index (χ3v) is 0.905. The van der Waals surface area contributed by atoms with Crippen LogP contribution in [0.1, 0.15) is 27.2 Å². The molecule has 0 radical (unpaired) electrons. The maximum absolute atomic E-state index is 5.46. The molecule has 2 nitrogen and oxygen atoms in total. The lowest BCUT2D eigenvalue weighted by molar-refractivity contribution is 0.179. The Morgan fingerprint density at radius 2 is 1.89 bits per heavy atom. The minimum absolute atomic E-state index is 0.227. The van der Waals surface area contributed by atoms with E-state index < -0.39 is 0 Å². The fourth-order valence-corrected chi connectivity index (χ4v) is 0.332. The van der Waals surface area contributed by atoms with Crippen LogP contribution >= 0.6 is 0 Å². The summed E-state index contributed by atoms with van der Waals surface area (Å²) in [5, 5.41) is 0. The van der Waals surface area contributed by atoms with Crippen molar-refractivity contribution in [3.05, 3.63) is 0 Å². The molecule has 0 aromatic rings. The Kier molecular flexibility index (Phi) is 14.0. The van der Waals surface area contributed by atoms with Crippen LogP contribution in [0.4, 0.5) is 0 Å². The van der Waals surface area contributed by atoms with Crippen molar-refractivity contribution < 1.29 is 4.74 Å². The van der Waals surface area contributed by atoms with E-state index in [0.717, 1.165) is 6.42 Å². The first kappa shape index (κ1) is 11.7. The summed E-state index contributed by atoms with van der Waals surface area (Å²) in [7, 11) is 1.66. The van der Waals surface area contributed by atoms with Gasteiger partial charge in [-0.15, -0.1) is 0 Å². The van der Waals surface area contributed by atoms with E-state index in [1.807, 2.05) is 20.8 Å². The van der Waals surface area contributed by atoms with E-state index in [4.69, 9.17) is 10.5 Å². The highest BCUT2D eigenvalue weighted by molar-refractivity contribution is 4.53. The molecule has 0 heterocycles. The van der Waals surface area contributed by atoms with Gasteiger partial charge in [-0.25, -0.2) is 0 Å². The monoisotopic (exact) mass is 133 g/mol. The molecule has 0 saturated carbocycles. The summed E-state index contributed by atoms with van der Waals surface area (Å²) in [5.74, 6) is 0. The average Bonchev–Trinajstić information content (AvgIpc) is 1.93. The van der Waals surface area contributed by atoms with Crippen LogP contribution in [-0.2, 0) is 4.74 Å². The Labute approximate surface area is 58.4 Å². The predicted molar refractivity (Wildman–Crippen MR) is 41.5 cm³/mol. The van der Waals surface area contributed by atoms with Crippen molar-refractivity contribution in [2.75, 3.05) is 13.7 Å². The highest BCUT2D eigenvalue weighted by atomic mass is 16.5. The quantitative estimate of drug-likeness (QED) is 0.631. The SMILES string of the molecule is CC.CCC(N)COC. The summed E-state index contributed by atoms with van der Waals surface area (Å²) in [4.78, 5) is 0. The number of nitrogens with two attached hydrogens (primary N) is 1. The molecule has 9 heavy (non-hydrogen) atoms.